The van der Waals surface area contributed by atoms with E-state index in [1.54, 1.807) is 0 Å². The van der Waals surface area contributed by atoms with Crippen molar-refractivity contribution in [2.45, 2.75) is 94.6 Å². The molecule has 0 aliphatic carbocycles. The van der Waals surface area contributed by atoms with Crippen LogP contribution < -0.4 is 23.9 Å². The van der Waals surface area contributed by atoms with Gasteiger partial charge in [0.2, 0.25) is 11.8 Å². The Balaban J connectivity index is 0.000000278. The summed E-state index contributed by atoms with van der Waals surface area (Å²) < 4.78 is 34.8. The number of hydrogen-bond acceptors (Lipinski definition) is 12. The first-order chi connectivity index (χ1) is 27.1. The molecule has 3 aromatic carbocycles. The third kappa shape index (κ3) is 16.0. The summed E-state index contributed by atoms with van der Waals surface area (Å²) in [5, 5.41) is 45.5. The second-order valence-corrected chi connectivity index (χ2v) is 28.8. The number of rotatable bonds is 10. The van der Waals surface area contributed by atoms with Crippen LogP contribution in [0.5, 0.6) is 0 Å². The molecule has 0 radical (unpaired) electrons. The van der Waals surface area contributed by atoms with Gasteiger partial charge in [0.05, 0.1) is 26.4 Å². The molecule has 3 fully saturated rings. The van der Waals surface area contributed by atoms with Crippen LogP contribution in [-0.4, -0.2) is 107 Å². The predicted molar refractivity (Wildman–Crippen MR) is 236 cm³/mol. The second kappa shape index (κ2) is 27.6. The number of halogens is 5. The molecule has 3 heterocycles. The van der Waals surface area contributed by atoms with Gasteiger partial charge in [0.25, 0.3) is 0 Å². The first-order valence-corrected chi connectivity index (χ1v) is 36.1. The Morgan fingerprint density at radius 3 is 1.62 bits per heavy atom. The van der Waals surface area contributed by atoms with Gasteiger partial charge in [-0.3, -0.25) is 9.59 Å². The average molecular weight is 1350 g/mol. The molecule has 0 spiro atoms. The SMILES string of the molecule is CC(=O)NC1C(OCc2ccccc2)OC(CO)C(O)C1O.CC(=O)NC1C(OCc2ccccc2)OC2COC(c3ccccc3)OC2C1O.II.I[I-]I. The molecule has 11 unspecified atom stereocenters. The van der Waals surface area contributed by atoms with E-state index in [1.165, 1.54) is 13.8 Å². The quantitative estimate of drug-likeness (QED) is 0.161. The molecule has 11 atom stereocenters. The number of benzene rings is 3. The zero-order valence-electron chi connectivity index (χ0n) is 30.3. The van der Waals surface area contributed by atoms with Crippen molar-refractivity contribution in [2.24, 2.45) is 0 Å². The Labute approximate surface area is 379 Å². The van der Waals surface area contributed by atoms with Gasteiger partial charge in [-0.25, -0.2) is 0 Å². The standard InChI is InChI=1S/C22H25NO6.C15H21NO6.I3.I2/c1-14(24)23-18-19(25)20-17(13-27-21(29-20)16-10-6-3-7-11-16)28-22(18)26-12-15-8-4-2-5-9-15;1-9(18)16-12-14(20)13(19)11(7-17)22-15(12)21-8-10-5-3-2-4-6-10;1-3-2;1-2/h2-11,17-22,25H,12-13H2,1H3,(H,23,24);2-6,11-15,17,19-20H,7-8H2,1H3,(H,16,18);;/q;;-1;. The Bertz CT molecular complexity index is 1540. The molecule has 3 aliphatic rings. The van der Waals surface area contributed by atoms with E-state index in [-0.39, 0.29) is 25.0 Å². The second-order valence-electron chi connectivity index (χ2n) is 12.5. The number of amides is 2. The van der Waals surface area contributed by atoms with Crippen LogP contribution in [0.2, 0.25) is 0 Å². The van der Waals surface area contributed by atoms with Crippen LogP contribution in [0, 0.1) is 0 Å². The maximum absolute atomic E-state index is 11.7. The first kappa shape index (κ1) is 50.2. The van der Waals surface area contributed by atoms with Gasteiger partial charge < -0.3 is 59.5 Å². The third-order valence-electron chi connectivity index (χ3n) is 8.57. The van der Waals surface area contributed by atoms with Crippen LogP contribution >= 0.6 is 74.5 Å². The van der Waals surface area contributed by atoms with E-state index in [1.807, 2.05) is 91.0 Å². The topological polar surface area (TPSA) is 194 Å². The molecule has 0 aromatic heterocycles. The summed E-state index contributed by atoms with van der Waals surface area (Å²) >= 11 is 9.54. The predicted octanol–water partition coefficient (Wildman–Crippen LogP) is 1.60. The number of hydrogen-bond donors (Lipinski definition) is 6. The fourth-order valence-corrected chi connectivity index (χ4v) is 6.02. The van der Waals surface area contributed by atoms with E-state index in [0.29, 0.717) is 19.9 Å². The molecule has 0 saturated carbocycles. The van der Waals surface area contributed by atoms with Gasteiger partial charge in [0, 0.05) is 56.6 Å². The summed E-state index contributed by atoms with van der Waals surface area (Å²) in [6.45, 7) is 2.98. The Hall–Kier alpha value is -0.150. The molecule has 3 aromatic rings. The molecular formula is C37H46I5N2O12-. The molecule has 6 N–H and O–H groups in total. The number of carbonyl (C=O) groups excluding carboxylic acids is 2. The number of nitrogens with one attached hydrogen (secondary N) is 2. The summed E-state index contributed by atoms with van der Waals surface area (Å²) in [5.41, 5.74) is 2.72. The zero-order valence-corrected chi connectivity index (χ0v) is 41.1. The van der Waals surface area contributed by atoms with E-state index >= 15 is 0 Å². The molecule has 3 saturated heterocycles. The van der Waals surface area contributed by atoms with E-state index in [0.717, 1.165) is 16.7 Å². The Kier molecular flexibility index (Phi) is 24.8. The van der Waals surface area contributed by atoms with Crippen molar-refractivity contribution in [2.75, 3.05) is 13.2 Å². The summed E-state index contributed by atoms with van der Waals surface area (Å²) in [5.74, 6) is -0.660. The van der Waals surface area contributed by atoms with Gasteiger partial charge in [-0.2, -0.15) is 0 Å². The van der Waals surface area contributed by atoms with Crippen molar-refractivity contribution >= 4 is 86.3 Å². The van der Waals surface area contributed by atoms with E-state index in [2.05, 4.69) is 85.1 Å². The van der Waals surface area contributed by atoms with Gasteiger partial charge in [-0.05, 0) is 11.1 Å². The van der Waals surface area contributed by atoms with Gasteiger partial charge >= 0.3 is 50.5 Å². The third-order valence-corrected chi connectivity index (χ3v) is 8.57. The van der Waals surface area contributed by atoms with Crippen LogP contribution in [-0.2, 0) is 51.2 Å². The zero-order chi connectivity index (χ0) is 41.0. The monoisotopic (exact) mass is 1340 g/mol. The van der Waals surface area contributed by atoms with Crippen LogP contribution in [0.15, 0.2) is 91.0 Å². The molecule has 6 rings (SSSR count). The minimum absolute atomic E-state index is 0.211. The van der Waals surface area contributed by atoms with Crippen molar-refractivity contribution in [3.8, 4) is 0 Å². The van der Waals surface area contributed by atoms with Crippen LogP contribution in [0.25, 0.3) is 0 Å². The molecule has 14 nitrogen and oxygen atoms in total. The summed E-state index contributed by atoms with van der Waals surface area (Å²) in [6.07, 6.45) is -8.13. The number of carbonyl (C=O) groups is 2. The average Bonchev–Trinajstić information content (AvgIpc) is 3.22. The van der Waals surface area contributed by atoms with Gasteiger partial charge in [-0.15, -0.1) is 0 Å². The molecular weight excluding hydrogens is 1300 g/mol. The molecule has 312 valence electrons. The molecule has 3 aliphatic heterocycles. The van der Waals surface area contributed by atoms with Gasteiger partial charge in [0.15, 0.2) is 18.9 Å². The Morgan fingerprint density at radius 2 is 1.16 bits per heavy atom. The van der Waals surface area contributed by atoms with Gasteiger partial charge in [-0.1, -0.05) is 91.0 Å². The van der Waals surface area contributed by atoms with Crippen molar-refractivity contribution in [1.29, 1.82) is 0 Å². The first-order valence-electron chi connectivity index (χ1n) is 17.2. The van der Waals surface area contributed by atoms with Crippen LogP contribution in [0.3, 0.4) is 0 Å². The molecule has 19 heteroatoms. The minimum atomic E-state index is -1.31. The van der Waals surface area contributed by atoms with E-state index in [4.69, 9.17) is 28.4 Å². The van der Waals surface area contributed by atoms with Crippen molar-refractivity contribution in [1.82, 2.24) is 10.6 Å². The van der Waals surface area contributed by atoms with Crippen LogP contribution in [0.4, 0.5) is 0 Å². The van der Waals surface area contributed by atoms with Gasteiger partial charge in [0.1, 0.15) is 48.7 Å². The Morgan fingerprint density at radius 1 is 0.714 bits per heavy atom. The fourth-order valence-electron chi connectivity index (χ4n) is 6.02. The number of fused-ring (bicyclic) bond motifs is 1. The summed E-state index contributed by atoms with van der Waals surface area (Å²) in [6, 6.07) is 26.8. The normalized spacial score (nSPS) is 29.4. The maximum atomic E-state index is 11.7. The van der Waals surface area contributed by atoms with E-state index in [9.17, 15) is 30.0 Å². The molecule has 2 amide bonds. The molecule has 0 bridgehead atoms. The fraction of sp³-hybridized carbons (Fsp3) is 0.459. The van der Waals surface area contributed by atoms with Crippen molar-refractivity contribution in [3.05, 3.63) is 108 Å². The number of aliphatic hydroxyl groups excluding tert-OH is 4. The van der Waals surface area contributed by atoms with Crippen molar-refractivity contribution in [3.63, 3.8) is 0 Å². The van der Waals surface area contributed by atoms with E-state index < -0.39 is 74.2 Å². The number of aliphatic hydroxyl groups is 4. The van der Waals surface area contributed by atoms with Crippen molar-refractivity contribution < 1.29 is 71.7 Å². The summed E-state index contributed by atoms with van der Waals surface area (Å²) in [7, 11) is 0. The molecule has 56 heavy (non-hydrogen) atoms. The van der Waals surface area contributed by atoms with Crippen LogP contribution in [0.1, 0.15) is 36.8 Å². The summed E-state index contributed by atoms with van der Waals surface area (Å²) in [4.78, 5) is 23.0. The number of ether oxygens (including phenoxy) is 6.